The number of furan rings is 1. The standard InChI is InChI=1S/C17H23ClN2O/c1-13(2)9-19-10-14-4-5-17(16(18)8-14)20(3)11-15-6-7-21-12-15/h4-8,12-13,19H,9-11H2,1-3H3. The molecular weight excluding hydrogens is 284 g/mol. The van der Waals surface area contributed by atoms with Crippen LogP contribution in [-0.4, -0.2) is 13.6 Å². The van der Waals surface area contributed by atoms with Crippen molar-refractivity contribution in [3.63, 3.8) is 0 Å². The molecule has 0 spiro atoms. The number of halogens is 1. The van der Waals surface area contributed by atoms with Gasteiger partial charge in [0.25, 0.3) is 0 Å². The summed E-state index contributed by atoms with van der Waals surface area (Å²) in [7, 11) is 2.03. The van der Waals surface area contributed by atoms with Crippen molar-refractivity contribution in [1.82, 2.24) is 5.32 Å². The first kappa shape index (κ1) is 15.9. The van der Waals surface area contributed by atoms with Gasteiger partial charge < -0.3 is 14.6 Å². The SMILES string of the molecule is CC(C)CNCc1ccc(N(C)Cc2ccoc2)c(Cl)c1. The van der Waals surface area contributed by atoms with E-state index in [-0.39, 0.29) is 0 Å². The van der Waals surface area contributed by atoms with Crippen LogP contribution in [0, 0.1) is 5.92 Å². The van der Waals surface area contributed by atoms with Crippen LogP contribution in [0.2, 0.25) is 5.02 Å². The fraction of sp³-hybridized carbons (Fsp3) is 0.412. The van der Waals surface area contributed by atoms with Gasteiger partial charge in [-0.1, -0.05) is 31.5 Å². The van der Waals surface area contributed by atoms with Crippen LogP contribution in [0.3, 0.4) is 0 Å². The van der Waals surface area contributed by atoms with Crippen LogP contribution in [0.25, 0.3) is 0 Å². The third kappa shape index (κ3) is 4.80. The van der Waals surface area contributed by atoms with Gasteiger partial charge in [0.05, 0.1) is 23.2 Å². The lowest BCUT2D eigenvalue weighted by Gasteiger charge is -2.20. The summed E-state index contributed by atoms with van der Waals surface area (Å²) in [6.07, 6.45) is 3.45. The van der Waals surface area contributed by atoms with E-state index >= 15 is 0 Å². The van der Waals surface area contributed by atoms with E-state index in [9.17, 15) is 0 Å². The molecule has 2 rings (SSSR count). The molecule has 2 aromatic rings. The normalized spacial score (nSPS) is 11.1. The van der Waals surface area contributed by atoms with Crippen molar-refractivity contribution in [2.75, 3.05) is 18.5 Å². The number of anilines is 1. The number of hydrogen-bond acceptors (Lipinski definition) is 3. The third-order valence-electron chi connectivity index (χ3n) is 3.30. The van der Waals surface area contributed by atoms with Crippen LogP contribution < -0.4 is 10.2 Å². The summed E-state index contributed by atoms with van der Waals surface area (Å²) in [5.41, 5.74) is 3.38. The van der Waals surface area contributed by atoms with E-state index in [0.717, 1.165) is 35.9 Å². The lowest BCUT2D eigenvalue weighted by Crippen LogP contribution is -2.19. The van der Waals surface area contributed by atoms with Gasteiger partial charge in [0.2, 0.25) is 0 Å². The highest BCUT2D eigenvalue weighted by molar-refractivity contribution is 6.33. The lowest BCUT2D eigenvalue weighted by molar-refractivity contribution is 0.552. The zero-order valence-electron chi connectivity index (χ0n) is 12.9. The number of nitrogens with one attached hydrogen (secondary N) is 1. The Morgan fingerprint density at radius 3 is 2.67 bits per heavy atom. The number of hydrogen-bond donors (Lipinski definition) is 1. The highest BCUT2D eigenvalue weighted by atomic mass is 35.5. The molecule has 1 heterocycles. The van der Waals surface area contributed by atoms with Crippen LogP contribution in [0.1, 0.15) is 25.0 Å². The average Bonchev–Trinajstić information content (AvgIpc) is 2.91. The Morgan fingerprint density at radius 2 is 2.05 bits per heavy atom. The Bertz CT molecular complexity index is 552. The lowest BCUT2D eigenvalue weighted by atomic mass is 10.1. The molecule has 1 N–H and O–H groups in total. The van der Waals surface area contributed by atoms with Crippen LogP contribution in [-0.2, 0) is 13.1 Å². The Balaban J connectivity index is 1.98. The summed E-state index contributed by atoms with van der Waals surface area (Å²) in [5, 5.41) is 4.21. The molecule has 0 atom stereocenters. The van der Waals surface area contributed by atoms with Crippen LogP contribution in [0.4, 0.5) is 5.69 Å². The Kier molecular flexibility index (Phi) is 5.71. The largest absolute Gasteiger partial charge is 0.472 e. The van der Waals surface area contributed by atoms with Crippen LogP contribution in [0.5, 0.6) is 0 Å². The monoisotopic (exact) mass is 306 g/mol. The molecule has 21 heavy (non-hydrogen) atoms. The minimum absolute atomic E-state index is 0.654. The number of rotatable bonds is 7. The van der Waals surface area contributed by atoms with Crippen molar-refractivity contribution in [2.45, 2.75) is 26.9 Å². The first-order valence-corrected chi connectivity index (χ1v) is 7.65. The second kappa shape index (κ2) is 7.53. The third-order valence-corrected chi connectivity index (χ3v) is 3.61. The minimum atomic E-state index is 0.654. The molecule has 4 heteroatoms. The molecule has 0 fully saturated rings. The average molecular weight is 307 g/mol. The van der Waals surface area contributed by atoms with Gasteiger partial charge in [-0.3, -0.25) is 0 Å². The van der Waals surface area contributed by atoms with E-state index in [1.807, 2.05) is 19.2 Å². The Morgan fingerprint density at radius 1 is 1.24 bits per heavy atom. The maximum atomic E-state index is 6.41. The Labute approximate surface area is 131 Å². The second-order valence-electron chi connectivity index (χ2n) is 5.80. The van der Waals surface area contributed by atoms with E-state index in [0.29, 0.717) is 5.92 Å². The highest BCUT2D eigenvalue weighted by Crippen LogP contribution is 2.27. The smallest absolute Gasteiger partial charge is 0.0952 e. The van der Waals surface area contributed by atoms with Gasteiger partial charge >= 0.3 is 0 Å². The van der Waals surface area contributed by atoms with Gasteiger partial charge in [-0.05, 0) is 36.2 Å². The molecule has 0 saturated carbocycles. The van der Waals surface area contributed by atoms with E-state index in [1.165, 1.54) is 5.56 Å². The van der Waals surface area contributed by atoms with Crippen molar-refractivity contribution in [3.05, 3.63) is 52.9 Å². The summed E-state index contributed by atoms with van der Waals surface area (Å²) >= 11 is 6.41. The van der Waals surface area contributed by atoms with Gasteiger partial charge in [-0.2, -0.15) is 0 Å². The zero-order chi connectivity index (χ0) is 15.2. The minimum Gasteiger partial charge on any atom is -0.472 e. The molecule has 0 aliphatic rings. The number of benzene rings is 1. The molecule has 0 saturated heterocycles. The molecule has 0 aliphatic heterocycles. The van der Waals surface area contributed by atoms with Crippen LogP contribution in [0.15, 0.2) is 41.2 Å². The molecule has 0 aliphatic carbocycles. The van der Waals surface area contributed by atoms with Crippen LogP contribution >= 0.6 is 11.6 Å². The maximum absolute atomic E-state index is 6.41. The van der Waals surface area contributed by atoms with Crippen molar-refractivity contribution >= 4 is 17.3 Å². The van der Waals surface area contributed by atoms with Gasteiger partial charge in [0.15, 0.2) is 0 Å². The molecule has 1 aromatic heterocycles. The molecule has 0 amide bonds. The van der Waals surface area contributed by atoms with Crippen molar-refractivity contribution in [1.29, 1.82) is 0 Å². The summed E-state index contributed by atoms with van der Waals surface area (Å²) in [6.45, 7) is 7.05. The van der Waals surface area contributed by atoms with E-state index in [4.69, 9.17) is 16.0 Å². The fourth-order valence-corrected chi connectivity index (χ4v) is 2.56. The maximum Gasteiger partial charge on any atom is 0.0952 e. The first-order valence-electron chi connectivity index (χ1n) is 7.27. The molecule has 1 aromatic carbocycles. The van der Waals surface area contributed by atoms with Crippen molar-refractivity contribution in [3.8, 4) is 0 Å². The summed E-state index contributed by atoms with van der Waals surface area (Å²) < 4.78 is 5.10. The molecule has 114 valence electrons. The van der Waals surface area contributed by atoms with E-state index in [1.54, 1.807) is 12.5 Å². The molecule has 0 bridgehead atoms. The summed E-state index contributed by atoms with van der Waals surface area (Å²) in [4.78, 5) is 2.12. The van der Waals surface area contributed by atoms with Gasteiger partial charge in [-0.25, -0.2) is 0 Å². The van der Waals surface area contributed by atoms with Crippen molar-refractivity contribution < 1.29 is 4.42 Å². The van der Waals surface area contributed by atoms with Gasteiger partial charge in [0.1, 0.15) is 0 Å². The van der Waals surface area contributed by atoms with Gasteiger partial charge in [0, 0.05) is 25.7 Å². The fourth-order valence-electron chi connectivity index (χ4n) is 2.22. The van der Waals surface area contributed by atoms with Crippen molar-refractivity contribution in [2.24, 2.45) is 5.92 Å². The zero-order valence-corrected chi connectivity index (χ0v) is 13.7. The topological polar surface area (TPSA) is 28.4 Å². The second-order valence-corrected chi connectivity index (χ2v) is 6.21. The van der Waals surface area contributed by atoms with Gasteiger partial charge in [-0.15, -0.1) is 0 Å². The molecule has 0 unspecified atom stereocenters. The van der Waals surface area contributed by atoms with E-state index < -0.39 is 0 Å². The molecule has 3 nitrogen and oxygen atoms in total. The summed E-state index contributed by atoms with van der Waals surface area (Å²) in [6, 6.07) is 8.21. The number of nitrogens with zero attached hydrogens (tertiary/aromatic N) is 1. The predicted octanol–water partition coefficient (Wildman–Crippen LogP) is 4.32. The first-order chi connectivity index (χ1) is 10.1. The Hall–Kier alpha value is -1.45. The molecule has 0 radical (unpaired) electrons. The highest BCUT2D eigenvalue weighted by Gasteiger charge is 2.08. The molecular formula is C17H23ClN2O. The predicted molar refractivity (Wildman–Crippen MR) is 88.8 cm³/mol. The quantitative estimate of drug-likeness (QED) is 0.826. The summed E-state index contributed by atoms with van der Waals surface area (Å²) in [5.74, 6) is 0.654. The van der Waals surface area contributed by atoms with E-state index in [2.05, 4.69) is 36.2 Å².